The first-order valence-electron chi connectivity index (χ1n) is 22.4. The summed E-state index contributed by atoms with van der Waals surface area (Å²) in [6.45, 7) is 6.29. The van der Waals surface area contributed by atoms with E-state index in [4.69, 9.17) is 4.74 Å². The Balaban J connectivity index is 4.65. The van der Waals surface area contributed by atoms with E-state index in [1.807, 2.05) is 12.2 Å². The third-order valence-electron chi connectivity index (χ3n) is 9.95. The van der Waals surface area contributed by atoms with Gasteiger partial charge in [-0.25, -0.2) is 0 Å². The van der Waals surface area contributed by atoms with E-state index in [0.29, 0.717) is 19.3 Å². The van der Waals surface area contributed by atoms with E-state index >= 15 is 0 Å². The molecule has 0 saturated heterocycles. The molecule has 0 saturated carbocycles. The highest BCUT2D eigenvalue weighted by molar-refractivity contribution is 5.77. The summed E-state index contributed by atoms with van der Waals surface area (Å²) in [7, 11) is 0. The molecule has 0 aromatic rings. The van der Waals surface area contributed by atoms with Gasteiger partial charge in [0.15, 0.2) is 0 Å². The number of esters is 1. The van der Waals surface area contributed by atoms with Crippen LogP contribution in [0.25, 0.3) is 0 Å². The molecule has 3 N–H and O–H groups in total. The Labute approximate surface area is 327 Å². The molecular formula is C47H85NO5. The van der Waals surface area contributed by atoms with Gasteiger partial charge in [-0.2, -0.15) is 0 Å². The van der Waals surface area contributed by atoms with Crippen LogP contribution in [0, 0.1) is 0 Å². The predicted molar refractivity (Wildman–Crippen MR) is 227 cm³/mol. The zero-order valence-electron chi connectivity index (χ0n) is 34.9. The van der Waals surface area contributed by atoms with E-state index in [0.717, 1.165) is 77.0 Å². The van der Waals surface area contributed by atoms with Gasteiger partial charge < -0.3 is 20.3 Å². The molecule has 0 aliphatic rings. The number of carbonyl (C=O) groups is 2. The third-order valence-corrected chi connectivity index (χ3v) is 9.95. The maximum Gasteiger partial charge on any atom is 0.306 e. The molecule has 6 nitrogen and oxygen atoms in total. The van der Waals surface area contributed by atoms with Crippen molar-refractivity contribution in [3.05, 3.63) is 48.6 Å². The highest BCUT2D eigenvalue weighted by atomic mass is 16.5. The summed E-state index contributed by atoms with van der Waals surface area (Å²) in [5, 5.41) is 23.6. The number of allylic oxidation sites excluding steroid dienone is 8. The first kappa shape index (κ1) is 50.8. The molecule has 0 heterocycles. The Morgan fingerprint density at radius 2 is 1.04 bits per heavy atom. The standard InChI is InChI=1S/C47H85NO5/c1-4-7-10-13-16-19-22-25-28-31-34-37-40-47(52)53-43(38-35-32-29-26-23-20-17-14-11-8-5-2)41-46(51)48-44(42-49)45(50)39-36-33-30-27-24-21-18-15-12-9-6-3/h8,11,14,16-17,19-20,23,43-45,49-50H,4-7,9-10,12-13,15,18,21-22,24-42H2,1-3H3,(H,48,51)/b11-8+,17-14+,19-16-,23-20-. The van der Waals surface area contributed by atoms with Crippen LogP contribution in [-0.4, -0.2) is 46.9 Å². The van der Waals surface area contributed by atoms with E-state index < -0.39 is 18.2 Å². The number of unbranched alkanes of at least 4 members (excludes halogenated alkanes) is 21. The Kier molecular flexibility index (Phi) is 39.3. The number of hydrogen-bond donors (Lipinski definition) is 3. The minimum atomic E-state index is -0.795. The van der Waals surface area contributed by atoms with Crippen LogP contribution in [0.1, 0.15) is 213 Å². The van der Waals surface area contributed by atoms with Crippen molar-refractivity contribution >= 4 is 11.9 Å². The minimum absolute atomic E-state index is 0.0509. The number of hydrogen-bond acceptors (Lipinski definition) is 5. The number of rotatable bonds is 39. The van der Waals surface area contributed by atoms with Crippen LogP contribution in [0.5, 0.6) is 0 Å². The highest BCUT2D eigenvalue weighted by Crippen LogP contribution is 2.17. The molecule has 6 heteroatoms. The predicted octanol–water partition coefficient (Wildman–Crippen LogP) is 12.7. The van der Waals surface area contributed by atoms with Gasteiger partial charge in [0.05, 0.1) is 25.2 Å². The second-order valence-electron chi connectivity index (χ2n) is 15.1. The normalized spacial score (nSPS) is 13.8. The van der Waals surface area contributed by atoms with Crippen molar-refractivity contribution in [2.24, 2.45) is 0 Å². The van der Waals surface area contributed by atoms with Crippen LogP contribution in [0.15, 0.2) is 48.6 Å². The number of ether oxygens (including phenoxy) is 1. The van der Waals surface area contributed by atoms with Crippen LogP contribution >= 0.6 is 0 Å². The number of aliphatic hydroxyl groups is 2. The maximum atomic E-state index is 13.1. The second kappa shape index (κ2) is 41.0. The third kappa shape index (κ3) is 36.6. The van der Waals surface area contributed by atoms with Crippen molar-refractivity contribution < 1.29 is 24.5 Å². The van der Waals surface area contributed by atoms with E-state index in [-0.39, 0.29) is 24.9 Å². The Bertz CT molecular complexity index is 926. The lowest BCUT2D eigenvalue weighted by atomic mass is 10.0. The summed E-state index contributed by atoms with van der Waals surface area (Å²) in [4.78, 5) is 25.9. The highest BCUT2D eigenvalue weighted by Gasteiger charge is 2.24. The second-order valence-corrected chi connectivity index (χ2v) is 15.1. The molecule has 53 heavy (non-hydrogen) atoms. The Morgan fingerprint density at radius 3 is 1.64 bits per heavy atom. The molecule has 0 spiro atoms. The van der Waals surface area contributed by atoms with Crippen molar-refractivity contribution in [1.29, 1.82) is 0 Å². The fourth-order valence-electron chi connectivity index (χ4n) is 6.54. The molecule has 0 bridgehead atoms. The molecule has 0 aromatic carbocycles. The summed E-state index contributed by atoms with van der Waals surface area (Å²) in [5.41, 5.74) is 0. The van der Waals surface area contributed by atoms with Crippen molar-refractivity contribution in [2.75, 3.05) is 6.61 Å². The lowest BCUT2D eigenvalue weighted by Crippen LogP contribution is -2.46. The quantitative estimate of drug-likeness (QED) is 0.0252. The van der Waals surface area contributed by atoms with E-state index in [2.05, 4.69) is 62.5 Å². The molecule has 3 unspecified atom stereocenters. The van der Waals surface area contributed by atoms with Gasteiger partial charge in [-0.3, -0.25) is 9.59 Å². The van der Waals surface area contributed by atoms with Gasteiger partial charge in [0.25, 0.3) is 0 Å². The van der Waals surface area contributed by atoms with Gasteiger partial charge in [0.2, 0.25) is 5.91 Å². The van der Waals surface area contributed by atoms with Crippen molar-refractivity contribution in [2.45, 2.75) is 232 Å². The SMILES string of the molecule is CC/C=C/C=C/C=C\CCCCCC(CC(=O)NC(CO)C(O)CCCCCCCCCCCCC)OC(=O)CCCCCCC/C=C\CCCCC. The molecule has 0 radical (unpaired) electrons. The summed E-state index contributed by atoms with van der Waals surface area (Å²) in [6.07, 6.45) is 47.4. The molecule has 0 rings (SSSR count). The van der Waals surface area contributed by atoms with Gasteiger partial charge in [-0.15, -0.1) is 0 Å². The number of aliphatic hydroxyl groups excluding tert-OH is 2. The van der Waals surface area contributed by atoms with E-state index in [1.54, 1.807) is 0 Å². The van der Waals surface area contributed by atoms with Gasteiger partial charge in [0.1, 0.15) is 6.10 Å². The van der Waals surface area contributed by atoms with Crippen LogP contribution in [-0.2, 0) is 14.3 Å². The van der Waals surface area contributed by atoms with Crippen LogP contribution in [0.4, 0.5) is 0 Å². The lowest BCUT2D eigenvalue weighted by Gasteiger charge is -2.24. The van der Waals surface area contributed by atoms with E-state index in [1.165, 1.54) is 89.9 Å². The summed E-state index contributed by atoms with van der Waals surface area (Å²) in [6, 6.07) is -0.711. The van der Waals surface area contributed by atoms with Gasteiger partial charge in [-0.05, 0) is 70.6 Å². The summed E-state index contributed by atoms with van der Waals surface area (Å²) >= 11 is 0. The smallest absolute Gasteiger partial charge is 0.306 e. The summed E-state index contributed by atoms with van der Waals surface area (Å²) < 4.78 is 5.87. The average molecular weight is 744 g/mol. The van der Waals surface area contributed by atoms with Crippen LogP contribution < -0.4 is 5.32 Å². The monoisotopic (exact) mass is 744 g/mol. The van der Waals surface area contributed by atoms with Crippen LogP contribution in [0.3, 0.4) is 0 Å². The fourth-order valence-corrected chi connectivity index (χ4v) is 6.54. The molecule has 0 aliphatic heterocycles. The summed E-state index contributed by atoms with van der Waals surface area (Å²) in [5.74, 6) is -0.522. The zero-order valence-corrected chi connectivity index (χ0v) is 34.9. The molecular weight excluding hydrogens is 659 g/mol. The van der Waals surface area contributed by atoms with Crippen molar-refractivity contribution in [3.8, 4) is 0 Å². The van der Waals surface area contributed by atoms with Crippen molar-refractivity contribution in [3.63, 3.8) is 0 Å². The molecule has 1 amide bonds. The van der Waals surface area contributed by atoms with Crippen LogP contribution in [0.2, 0.25) is 0 Å². The molecule has 308 valence electrons. The molecule has 0 aliphatic carbocycles. The number of carbonyl (C=O) groups excluding carboxylic acids is 2. The fraction of sp³-hybridized carbons (Fsp3) is 0.787. The topological polar surface area (TPSA) is 95.9 Å². The number of nitrogens with one attached hydrogen (secondary N) is 1. The minimum Gasteiger partial charge on any atom is -0.462 e. The molecule has 0 aromatic heterocycles. The van der Waals surface area contributed by atoms with Gasteiger partial charge in [-0.1, -0.05) is 179 Å². The molecule has 3 atom stereocenters. The largest absolute Gasteiger partial charge is 0.462 e. The zero-order chi connectivity index (χ0) is 38.9. The van der Waals surface area contributed by atoms with Crippen molar-refractivity contribution in [1.82, 2.24) is 5.32 Å². The van der Waals surface area contributed by atoms with Gasteiger partial charge >= 0.3 is 5.97 Å². The Morgan fingerprint density at radius 1 is 0.566 bits per heavy atom. The molecule has 0 fully saturated rings. The lowest BCUT2D eigenvalue weighted by molar-refractivity contribution is -0.151. The number of amides is 1. The first-order valence-corrected chi connectivity index (χ1v) is 22.4. The Hall–Kier alpha value is -2.18. The maximum absolute atomic E-state index is 13.1. The van der Waals surface area contributed by atoms with E-state index in [9.17, 15) is 19.8 Å². The van der Waals surface area contributed by atoms with Gasteiger partial charge in [0, 0.05) is 6.42 Å². The average Bonchev–Trinajstić information content (AvgIpc) is 3.15. The first-order chi connectivity index (χ1) is 26.0.